The highest BCUT2D eigenvalue weighted by Crippen LogP contribution is 2.34. The Balaban J connectivity index is 2.13. The molecule has 0 spiro atoms. The minimum atomic E-state index is -1.40. The summed E-state index contributed by atoms with van der Waals surface area (Å²) < 4.78 is 11.2. The number of amides is 3. The first kappa shape index (κ1) is 38.6. The van der Waals surface area contributed by atoms with Crippen molar-refractivity contribution in [3.8, 4) is 5.75 Å². The van der Waals surface area contributed by atoms with Gasteiger partial charge in [-0.15, -0.1) is 0 Å². The van der Waals surface area contributed by atoms with Crippen LogP contribution in [0.15, 0.2) is 78.9 Å². The quantitative estimate of drug-likeness (QED) is 0.196. The monoisotopic (exact) mass is 673 g/mol. The number of nitrogens with zero attached hydrogens (tertiary/aromatic N) is 1. The number of ether oxygens (including phenoxy) is 2. The summed E-state index contributed by atoms with van der Waals surface area (Å²) in [6, 6.07) is 19.1. The SMILES string of the molecule is Cc1cccc(C(C(=O)NC(Cc2ccccc2)C(=O)OC(C)(C)C)N(C(=O)C(Cc2ccccc2)NC(=O)OC(C)(C)C)C(C)C)c1O. The van der Waals surface area contributed by atoms with Gasteiger partial charge in [0.05, 0.1) is 0 Å². The molecule has 0 heterocycles. The van der Waals surface area contributed by atoms with Gasteiger partial charge in [0, 0.05) is 24.4 Å². The minimum Gasteiger partial charge on any atom is -0.507 e. The normalized spacial score (nSPS) is 13.5. The van der Waals surface area contributed by atoms with E-state index < -0.39 is 59.2 Å². The molecule has 0 radical (unpaired) electrons. The van der Waals surface area contributed by atoms with E-state index in [1.54, 1.807) is 80.5 Å². The summed E-state index contributed by atoms with van der Waals surface area (Å²) in [5.74, 6) is -2.10. The maximum absolute atomic E-state index is 14.7. The number of rotatable bonds is 12. The van der Waals surface area contributed by atoms with Crippen LogP contribution in [0, 0.1) is 6.92 Å². The van der Waals surface area contributed by atoms with Crippen molar-refractivity contribution in [2.24, 2.45) is 0 Å². The Hall–Kier alpha value is -4.86. The van der Waals surface area contributed by atoms with Crippen molar-refractivity contribution in [3.63, 3.8) is 0 Å². The number of hydrogen-bond acceptors (Lipinski definition) is 7. The number of phenols is 1. The summed E-state index contributed by atoms with van der Waals surface area (Å²) in [5.41, 5.74) is 0.559. The van der Waals surface area contributed by atoms with Crippen molar-refractivity contribution in [1.29, 1.82) is 0 Å². The van der Waals surface area contributed by atoms with E-state index in [4.69, 9.17) is 9.47 Å². The Morgan fingerprint density at radius 1 is 0.714 bits per heavy atom. The van der Waals surface area contributed by atoms with E-state index in [-0.39, 0.29) is 24.2 Å². The number of para-hydroxylation sites is 1. The summed E-state index contributed by atoms with van der Waals surface area (Å²) in [6.07, 6.45) is -0.566. The third kappa shape index (κ3) is 11.7. The van der Waals surface area contributed by atoms with E-state index in [1.807, 2.05) is 60.7 Å². The molecule has 10 nitrogen and oxygen atoms in total. The molecule has 3 atom stereocenters. The van der Waals surface area contributed by atoms with Gasteiger partial charge in [0.1, 0.15) is 35.1 Å². The van der Waals surface area contributed by atoms with Crippen LogP contribution >= 0.6 is 0 Å². The summed E-state index contributed by atoms with van der Waals surface area (Å²) in [7, 11) is 0. The van der Waals surface area contributed by atoms with E-state index in [1.165, 1.54) is 4.90 Å². The van der Waals surface area contributed by atoms with Crippen LogP contribution in [0.1, 0.15) is 83.7 Å². The summed E-state index contributed by atoms with van der Waals surface area (Å²) >= 11 is 0. The molecule has 10 heteroatoms. The van der Waals surface area contributed by atoms with Gasteiger partial charge < -0.3 is 30.1 Å². The minimum absolute atomic E-state index is 0.102. The lowest BCUT2D eigenvalue weighted by molar-refractivity contribution is -0.159. The van der Waals surface area contributed by atoms with Crippen LogP contribution in [-0.2, 0) is 36.7 Å². The molecule has 3 aromatic carbocycles. The maximum atomic E-state index is 14.7. The molecule has 264 valence electrons. The Kier molecular flexibility index (Phi) is 13.0. The lowest BCUT2D eigenvalue weighted by atomic mass is 9.96. The molecule has 0 bridgehead atoms. The van der Waals surface area contributed by atoms with Gasteiger partial charge in [-0.2, -0.15) is 0 Å². The average Bonchev–Trinajstić information content (AvgIpc) is 2.99. The Labute approximate surface area is 290 Å². The number of alkyl carbamates (subject to hydrolysis) is 1. The lowest BCUT2D eigenvalue weighted by Crippen LogP contribution is -2.57. The maximum Gasteiger partial charge on any atom is 0.408 e. The van der Waals surface area contributed by atoms with Gasteiger partial charge >= 0.3 is 12.1 Å². The predicted molar refractivity (Wildman–Crippen MR) is 189 cm³/mol. The second-order valence-electron chi connectivity index (χ2n) is 14.4. The highest BCUT2D eigenvalue weighted by molar-refractivity contribution is 5.94. The van der Waals surface area contributed by atoms with Crippen LogP contribution in [0.5, 0.6) is 5.75 Å². The van der Waals surface area contributed by atoms with Crippen molar-refractivity contribution in [2.75, 3.05) is 0 Å². The fraction of sp³-hybridized carbons (Fsp3) is 0.436. The molecular formula is C39H51N3O7. The topological polar surface area (TPSA) is 134 Å². The molecule has 3 aromatic rings. The number of hydrogen-bond donors (Lipinski definition) is 3. The summed E-state index contributed by atoms with van der Waals surface area (Å²) in [5, 5.41) is 16.9. The van der Waals surface area contributed by atoms with Crippen molar-refractivity contribution < 1.29 is 33.8 Å². The van der Waals surface area contributed by atoms with Gasteiger partial charge in [-0.25, -0.2) is 9.59 Å². The summed E-state index contributed by atoms with van der Waals surface area (Å²) in [6.45, 7) is 15.6. The van der Waals surface area contributed by atoms with E-state index in [2.05, 4.69) is 10.6 Å². The first-order chi connectivity index (χ1) is 22.9. The molecule has 0 fully saturated rings. The molecule has 0 aliphatic rings. The van der Waals surface area contributed by atoms with Crippen LogP contribution in [-0.4, -0.2) is 63.2 Å². The first-order valence-electron chi connectivity index (χ1n) is 16.6. The first-order valence-corrected chi connectivity index (χ1v) is 16.6. The van der Waals surface area contributed by atoms with Gasteiger partial charge in [0.25, 0.3) is 0 Å². The molecule has 3 amide bonds. The largest absolute Gasteiger partial charge is 0.507 e. The number of carbonyl (C=O) groups excluding carboxylic acids is 4. The number of esters is 1. The molecule has 3 rings (SSSR count). The third-order valence-electron chi connectivity index (χ3n) is 7.46. The van der Waals surface area contributed by atoms with E-state index in [0.29, 0.717) is 5.56 Å². The molecular weight excluding hydrogens is 622 g/mol. The molecule has 3 unspecified atom stereocenters. The van der Waals surface area contributed by atoms with Crippen LogP contribution in [0.3, 0.4) is 0 Å². The van der Waals surface area contributed by atoms with Gasteiger partial charge in [-0.3, -0.25) is 9.59 Å². The van der Waals surface area contributed by atoms with E-state index in [9.17, 15) is 24.3 Å². The van der Waals surface area contributed by atoms with Gasteiger partial charge in [-0.05, 0) is 79.0 Å². The Morgan fingerprint density at radius 3 is 1.71 bits per heavy atom. The molecule has 3 N–H and O–H groups in total. The molecule has 49 heavy (non-hydrogen) atoms. The summed E-state index contributed by atoms with van der Waals surface area (Å²) in [4.78, 5) is 57.2. The molecule has 0 aromatic heterocycles. The van der Waals surface area contributed by atoms with Gasteiger partial charge in [0.2, 0.25) is 11.8 Å². The van der Waals surface area contributed by atoms with E-state index in [0.717, 1.165) is 11.1 Å². The number of benzene rings is 3. The van der Waals surface area contributed by atoms with Crippen molar-refractivity contribution in [1.82, 2.24) is 15.5 Å². The smallest absolute Gasteiger partial charge is 0.408 e. The zero-order chi connectivity index (χ0) is 36.5. The van der Waals surface area contributed by atoms with Crippen LogP contribution in [0.2, 0.25) is 0 Å². The molecule has 0 saturated carbocycles. The van der Waals surface area contributed by atoms with Crippen molar-refractivity contribution >= 4 is 23.9 Å². The fourth-order valence-corrected chi connectivity index (χ4v) is 5.35. The van der Waals surface area contributed by atoms with Crippen molar-refractivity contribution in [2.45, 2.75) is 111 Å². The van der Waals surface area contributed by atoms with Crippen LogP contribution in [0.25, 0.3) is 0 Å². The number of aromatic hydroxyl groups is 1. The zero-order valence-electron chi connectivity index (χ0n) is 30.1. The molecule has 0 aliphatic carbocycles. The number of aryl methyl sites for hydroxylation is 1. The number of carbonyl (C=O) groups is 4. The second kappa shape index (κ2) is 16.5. The van der Waals surface area contributed by atoms with Gasteiger partial charge in [0.15, 0.2) is 0 Å². The molecule has 0 saturated heterocycles. The zero-order valence-corrected chi connectivity index (χ0v) is 30.1. The highest BCUT2D eigenvalue weighted by atomic mass is 16.6. The average molecular weight is 674 g/mol. The van der Waals surface area contributed by atoms with Crippen LogP contribution in [0.4, 0.5) is 4.79 Å². The van der Waals surface area contributed by atoms with Crippen LogP contribution < -0.4 is 10.6 Å². The predicted octanol–water partition coefficient (Wildman–Crippen LogP) is 6.18. The van der Waals surface area contributed by atoms with E-state index >= 15 is 0 Å². The number of phenolic OH excluding ortho intramolecular Hbond substituents is 1. The Morgan fingerprint density at radius 2 is 1.22 bits per heavy atom. The van der Waals surface area contributed by atoms with Crippen molar-refractivity contribution in [3.05, 3.63) is 101 Å². The molecule has 0 aliphatic heterocycles. The second-order valence-corrected chi connectivity index (χ2v) is 14.4. The fourth-order valence-electron chi connectivity index (χ4n) is 5.35. The number of nitrogens with one attached hydrogen (secondary N) is 2. The van der Waals surface area contributed by atoms with Gasteiger partial charge in [-0.1, -0.05) is 78.9 Å². The lowest BCUT2D eigenvalue weighted by Gasteiger charge is -2.38. The Bertz CT molecular complexity index is 1580. The standard InChI is InChI=1S/C39H51N3O7/c1-25(2)42(35(45)30(23-27-18-12-10-13-19-27)41-37(47)49-39(7,8)9)32(29-22-16-17-26(3)33(29)43)34(44)40-31(36(46)48-38(4,5)6)24-28-20-14-11-15-21-28/h10-22,25,30-32,43H,23-24H2,1-9H3,(H,40,44)(H,41,47). The highest BCUT2D eigenvalue weighted by Gasteiger charge is 2.41. The third-order valence-corrected chi connectivity index (χ3v) is 7.46.